The summed E-state index contributed by atoms with van der Waals surface area (Å²) in [5.74, 6) is -1.06. The Morgan fingerprint density at radius 1 is 1.29 bits per heavy atom. The molecule has 74 valence electrons. The quantitative estimate of drug-likeness (QED) is 0.681. The Hall–Kier alpha value is -1.79. The van der Waals surface area contributed by atoms with Gasteiger partial charge in [0.25, 0.3) is 0 Å². The fourth-order valence-electron chi connectivity index (χ4n) is 1.09. The number of nitrogens with one attached hydrogen (secondary N) is 1. The number of halogens is 3. The Balaban J connectivity index is 2.69. The average Bonchev–Trinajstić information content (AvgIpc) is 2.48. The number of alkyl halides is 3. The minimum Gasteiger partial charge on any atom is -0.396 e. The Morgan fingerprint density at radius 3 is 2.57 bits per heavy atom. The van der Waals surface area contributed by atoms with E-state index in [1.807, 2.05) is 0 Å². The van der Waals surface area contributed by atoms with Gasteiger partial charge in [0.2, 0.25) is 5.82 Å². The van der Waals surface area contributed by atoms with Crippen LogP contribution in [0.3, 0.4) is 0 Å². The average molecular weight is 202 g/mol. The number of hydrogen-bond acceptors (Lipinski definition) is 3. The Kier molecular flexibility index (Phi) is 1.63. The van der Waals surface area contributed by atoms with Crippen molar-refractivity contribution in [1.29, 1.82) is 0 Å². The molecule has 2 rings (SSSR count). The van der Waals surface area contributed by atoms with Gasteiger partial charge in [-0.1, -0.05) is 0 Å². The van der Waals surface area contributed by atoms with Gasteiger partial charge in [-0.05, 0) is 0 Å². The molecule has 0 amide bonds. The summed E-state index contributed by atoms with van der Waals surface area (Å²) in [5, 5.41) is 0. The fourth-order valence-corrected chi connectivity index (χ4v) is 1.09. The van der Waals surface area contributed by atoms with Gasteiger partial charge in [0.05, 0.1) is 23.6 Å². The summed E-state index contributed by atoms with van der Waals surface area (Å²) in [4.78, 5) is 9.08. The summed E-state index contributed by atoms with van der Waals surface area (Å²) in [6, 6.07) is 0. The zero-order chi connectivity index (χ0) is 10.3. The zero-order valence-corrected chi connectivity index (χ0v) is 6.76. The van der Waals surface area contributed by atoms with Crippen molar-refractivity contribution in [2.45, 2.75) is 6.18 Å². The number of nitrogens with two attached hydrogens (primary N) is 1. The van der Waals surface area contributed by atoms with Gasteiger partial charge in [0.1, 0.15) is 5.52 Å². The molecule has 0 saturated carbocycles. The molecule has 0 fully saturated rings. The summed E-state index contributed by atoms with van der Waals surface area (Å²) in [7, 11) is 0. The fraction of sp³-hybridized carbons (Fsp3) is 0.143. The van der Waals surface area contributed by atoms with E-state index >= 15 is 0 Å². The van der Waals surface area contributed by atoms with Crippen molar-refractivity contribution < 1.29 is 13.2 Å². The Bertz CT molecular complexity index is 473. The first-order valence-electron chi connectivity index (χ1n) is 3.65. The molecule has 0 aliphatic heterocycles. The summed E-state index contributed by atoms with van der Waals surface area (Å²) < 4.78 is 36.6. The summed E-state index contributed by atoms with van der Waals surface area (Å²) >= 11 is 0. The third-order valence-electron chi connectivity index (χ3n) is 1.69. The van der Waals surface area contributed by atoms with Gasteiger partial charge in [0, 0.05) is 0 Å². The minimum absolute atomic E-state index is 0.0901. The highest BCUT2D eigenvalue weighted by atomic mass is 19.4. The molecule has 2 heterocycles. The molecule has 3 N–H and O–H groups in total. The van der Waals surface area contributed by atoms with Crippen molar-refractivity contribution in [3.8, 4) is 0 Å². The molecular weight excluding hydrogens is 197 g/mol. The molecule has 7 heteroatoms. The normalized spacial score (nSPS) is 12.2. The first-order chi connectivity index (χ1) is 6.48. The topological polar surface area (TPSA) is 67.6 Å². The number of aromatic amines is 1. The van der Waals surface area contributed by atoms with Crippen LogP contribution in [0.1, 0.15) is 5.82 Å². The maximum absolute atomic E-state index is 12.2. The lowest BCUT2D eigenvalue weighted by atomic mass is 10.4. The van der Waals surface area contributed by atoms with E-state index in [9.17, 15) is 13.2 Å². The van der Waals surface area contributed by atoms with E-state index < -0.39 is 12.0 Å². The van der Waals surface area contributed by atoms with E-state index in [0.717, 1.165) is 0 Å². The van der Waals surface area contributed by atoms with E-state index in [4.69, 9.17) is 5.73 Å². The minimum atomic E-state index is -4.49. The molecule has 0 saturated heterocycles. The second-order valence-electron chi connectivity index (χ2n) is 2.71. The van der Waals surface area contributed by atoms with Crippen LogP contribution in [0.15, 0.2) is 12.4 Å². The van der Waals surface area contributed by atoms with E-state index in [0.29, 0.717) is 0 Å². The number of aromatic nitrogens is 3. The molecule has 0 bridgehead atoms. The maximum Gasteiger partial charge on any atom is 0.449 e. The molecule has 0 aromatic carbocycles. The molecule has 14 heavy (non-hydrogen) atoms. The van der Waals surface area contributed by atoms with E-state index in [-0.39, 0.29) is 16.7 Å². The van der Waals surface area contributed by atoms with Crippen molar-refractivity contribution in [2.24, 2.45) is 0 Å². The first kappa shape index (κ1) is 8.79. The molecule has 2 aromatic rings. The van der Waals surface area contributed by atoms with Crippen molar-refractivity contribution in [1.82, 2.24) is 15.0 Å². The smallest absolute Gasteiger partial charge is 0.396 e. The number of imidazole rings is 1. The third kappa shape index (κ3) is 1.26. The maximum atomic E-state index is 12.2. The third-order valence-corrected chi connectivity index (χ3v) is 1.69. The van der Waals surface area contributed by atoms with Gasteiger partial charge < -0.3 is 10.7 Å². The second-order valence-corrected chi connectivity index (χ2v) is 2.71. The van der Waals surface area contributed by atoms with Gasteiger partial charge >= 0.3 is 6.18 Å². The van der Waals surface area contributed by atoms with Crippen molar-refractivity contribution in [2.75, 3.05) is 5.73 Å². The monoisotopic (exact) mass is 202 g/mol. The zero-order valence-electron chi connectivity index (χ0n) is 6.76. The van der Waals surface area contributed by atoms with Gasteiger partial charge in [-0.3, -0.25) is 4.98 Å². The molecule has 0 atom stereocenters. The highest BCUT2D eigenvalue weighted by molar-refractivity contribution is 5.85. The van der Waals surface area contributed by atoms with E-state index in [1.54, 1.807) is 0 Å². The molecule has 0 aliphatic carbocycles. The van der Waals surface area contributed by atoms with E-state index in [2.05, 4.69) is 15.0 Å². The standard InChI is InChI=1S/C7H5F3N4/c8-7(9,10)6-13-4-2-12-1-3(11)5(4)14-6/h1-2H,11H2,(H,13,14). The van der Waals surface area contributed by atoms with Gasteiger partial charge in [-0.25, -0.2) is 4.98 Å². The van der Waals surface area contributed by atoms with Crippen molar-refractivity contribution in [3.63, 3.8) is 0 Å². The highest BCUT2D eigenvalue weighted by Crippen LogP contribution is 2.29. The van der Waals surface area contributed by atoms with Crippen LogP contribution in [0.25, 0.3) is 11.0 Å². The number of anilines is 1. The number of fused-ring (bicyclic) bond motifs is 1. The summed E-state index contributed by atoms with van der Waals surface area (Å²) in [6.07, 6.45) is -2.00. The lowest BCUT2D eigenvalue weighted by Crippen LogP contribution is -2.06. The Labute approximate surface area is 76.0 Å². The number of nitrogens with zero attached hydrogens (tertiary/aromatic N) is 2. The lowest BCUT2D eigenvalue weighted by molar-refractivity contribution is -0.144. The number of H-pyrrole nitrogens is 1. The molecule has 0 radical (unpaired) electrons. The largest absolute Gasteiger partial charge is 0.449 e. The Morgan fingerprint density at radius 2 is 2.00 bits per heavy atom. The van der Waals surface area contributed by atoms with Crippen LogP contribution in [-0.4, -0.2) is 15.0 Å². The molecule has 0 spiro atoms. The van der Waals surface area contributed by atoms with Gasteiger partial charge in [-0.2, -0.15) is 13.2 Å². The van der Waals surface area contributed by atoms with Crippen LogP contribution >= 0.6 is 0 Å². The number of rotatable bonds is 0. The number of hydrogen-bond donors (Lipinski definition) is 2. The lowest BCUT2D eigenvalue weighted by Gasteiger charge is -1.98. The van der Waals surface area contributed by atoms with Gasteiger partial charge in [-0.15, -0.1) is 0 Å². The first-order valence-corrected chi connectivity index (χ1v) is 3.65. The van der Waals surface area contributed by atoms with Crippen molar-refractivity contribution >= 4 is 16.7 Å². The summed E-state index contributed by atoms with van der Waals surface area (Å²) in [6.45, 7) is 0. The molecular formula is C7H5F3N4. The molecule has 4 nitrogen and oxygen atoms in total. The SMILES string of the molecule is Nc1cncc2[nH]c(C(F)(F)F)nc12. The predicted molar refractivity (Wildman–Crippen MR) is 43.3 cm³/mol. The highest BCUT2D eigenvalue weighted by Gasteiger charge is 2.34. The molecule has 2 aromatic heterocycles. The number of pyridine rings is 1. The molecule has 0 aliphatic rings. The van der Waals surface area contributed by atoms with Gasteiger partial charge in [0.15, 0.2) is 0 Å². The second kappa shape index (κ2) is 2.60. The van der Waals surface area contributed by atoms with E-state index in [1.165, 1.54) is 12.4 Å². The van der Waals surface area contributed by atoms with Crippen LogP contribution in [0.4, 0.5) is 18.9 Å². The van der Waals surface area contributed by atoms with Crippen LogP contribution in [0.5, 0.6) is 0 Å². The van der Waals surface area contributed by atoms with Crippen LogP contribution in [0.2, 0.25) is 0 Å². The van der Waals surface area contributed by atoms with Crippen LogP contribution < -0.4 is 5.73 Å². The van der Waals surface area contributed by atoms with Crippen molar-refractivity contribution in [3.05, 3.63) is 18.2 Å². The predicted octanol–water partition coefficient (Wildman–Crippen LogP) is 1.56. The molecule has 0 unspecified atom stereocenters. The van der Waals surface area contributed by atoms with Crippen LogP contribution in [-0.2, 0) is 6.18 Å². The number of nitrogen functional groups attached to an aromatic ring is 1. The summed E-state index contributed by atoms with van der Waals surface area (Å²) in [5.41, 5.74) is 5.79. The van der Waals surface area contributed by atoms with Crippen LogP contribution in [0, 0.1) is 0 Å².